The first-order chi connectivity index (χ1) is 20.0. The van der Waals surface area contributed by atoms with Crippen molar-refractivity contribution in [2.75, 3.05) is 51.0 Å². The Morgan fingerprint density at radius 3 is 2.40 bits per heavy atom. The highest BCUT2D eigenvalue weighted by Gasteiger charge is 2.43. The largest absolute Gasteiger partial charge is 0.497 e. The number of nitrogens with zero attached hydrogens (tertiary/aromatic N) is 5. The summed E-state index contributed by atoms with van der Waals surface area (Å²) in [5.74, 6) is -0.753. The molecule has 3 atom stereocenters. The second-order valence-corrected chi connectivity index (χ2v) is 13.4. The Balaban J connectivity index is 1.41. The van der Waals surface area contributed by atoms with Gasteiger partial charge in [0.05, 0.1) is 19.3 Å². The van der Waals surface area contributed by atoms with Crippen LogP contribution in [0.1, 0.15) is 35.9 Å². The zero-order valence-corrected chi connectivity index (χ0v) is 25.6. The number of carbonyl (C=O) groups is 1. The molecule has 0 aliphatic carbocycles. The van der Waals surface area contributed by atoms with Gasteiger partial charge in [-0.05, 0) is 54.3 Å². The fraction of sp³-hybridized carbons (Fsp3) is 0.414. The molecule has 2 aliphatic rings. The van der Waals surface area contributed by atoms with Crippen molar-refractivity contribution in [2.45, 2.75) is 24.8 Å². The highest BCUT2D eigenvalue weighted by atomic mass is 35.5. The molecule has 0 spiro atoms. The molecule has 2 saturated heterocycles. The molecule has 2 fully saturated rings. The number of methoxy groups -OCH3 is 1. The molecule has 0 saturated carbocycles. The van der Waals surface area contributed by atoms with Crippen LogP contribution < -0.4 is 9.64 Å². The van der Waals surface area contributed by atoms with E-state index in [1.807, 2.05) is 17.0 Å². The van der Waals surface area contributed by atoms with Gasteiger partial charge in [0.1, 0.15) is 11.6 Å². The number of hydrogen-bond donors (Lipinski definition) is 0. The average Bonchev–Trinajstić information content (AvgIpc) is 3.38. The predicted molar refractivity (Wildman–Crippen MR) is 160 cm³/mol. The second-order valence-electron chi connectivity index (χ2n) is 10.6. The molecule has 224 valence electrons. The van der Waals surface area contributed by atoms with Gasteiger partial charge in [-0.15, -0.1) is 10.2 Å². The number of sulfonamides is 1. The van der Waals surface area contributed by atoms with Crippen LogP contribution in [0.2, 0.25) is 10.2 Å². The molecule has 1 unspecified atom stereocenters. The number of rotatable bonds is 6. The molecule has 13 heteroatoms. The van der Waals surface area contributed by atoms with E-state index < -0.39 is 27.7 Å². The van der Waals surface area contributed by atoms with Crippen molar-refractivity contribution in [3.8, 4) is 5.75 Å². The maximum absolute atomic E-state index is 15.3. The lowest BCUT2D eigenvalue weighted by Crippen LogP contribution is -2.47. The third kappa shape index (κ3) is 6.64. The van der Waals surface area contributed by atoms with Crippen LogP contribution in [0.4, 0.5) is 10.2 Å². The van der Waals surface area contributed by atoms with Crippen LogP contribution >= 0.6 is 23.2 Å². The normalized spacial score (nSPS) is 22.1. The van der Waals surface area contributed by atoms with Crippen LogP contribution in [0.25, 0.3) is 0 Å². The Morgan fingerprint density at radius 2 is 1.76 bits per heavy atom. The minimum absolute atomic E-state index is 0.137. The van der Waals surface area contributed by atoms with E-state index in [0.717, 1.165) is 5.56 Å². The summed E-state index contributed by atoms with van der Waals surface area (Å²) in [6.45, 7) is 1.45. The van der Waals surface area contributed by atoms with Crippen molar-refractivity contribution in [3.63, 3.8) is 0 Å². The maximum Gasteiger partial charge on any atom is 0.228 e. The number of hydrogen-bond acceptors (Lipinski definition) is 7. The van der Waals surface area contributed by atoms with E-state index in [4.69, 9.17) is 27.9 Å². The smallest absolute Gasteiger partial charge is 0.228 e. The summed E-state index contributed by atoms with van der Waals surface area (Å²) in [7, 11) is -2.12. The third-order valence-electron chi connectivity index (χ3n) is 8.02. The fourth-order valence-electron chi connectivity index (χ4n) is 5.95. The van der Waals surface area contributed by atoms with Gasteiger partial charge in [-0.25, -0.2) is 12.8 Å². The van der Waals surface area contributed by atoms with E-state index in [9.17, 15) is 13.2 Å². The maximum atomic E-state index is 15.3. The van der Waals surface area contributed by atoms with Crippen molar-refractivity contribution >= 4 is 45.0 Å². The molecule has 2 aliphatic heterocycles. The van der Waals surface area contributed by atoms with Crippen LogP contribution in [-0.4, -0.2) is 79.8 Å². The third-order valence-corrected chi connectivity index (χ3v) is 9.76. The van der Waals surface area contributed by atoms with Gasteiger partial charge in [0.2, 0.25) is 15.9 Å². The Morgan fingerprint density at radius 1 is 1.00 bits per heavy atom. The van der Waals surface area contributed by atoms with E-state index in [-0.39, 0.29) is 30.2 Å². The number of ether oxygens (including phenoxy) is 1. The molecule has 0 radical (unpaired) electrons. The summed E-state index contributed by atoms with van der Waals surface area (Å²) in [4.78, 5) is 17.8. The number of anilines is 1. The second kappa shape index (κ2) is 12.7. The highest BCUT2D eigenvalue weighted by molar-refractivity contribution is 7.88. The topological polar surface area (TPSA) is 95.9 Å². The van der Waals surface area contributed by atoms with Gasteiger partial charge in [0.25, 0.3) is 0 Å². The zero-order valence-electron chi connectivity index (χ0n) is 23.3. The lowest BCUT2D eigenvalue weighted by Gasteiger charge is -2.37. The minimum atomic E-state index is -3.59. The lowest BCUT2D eigenvalue weighted by atomic mass is 9.87. The molecule has 0 N–H and O–H groups in total. The molecule has 1 aromatic heterocycles. The Labute approximate surface area is 255 Å². The molecule has 2 aromatic carbocycles. The van der Waals surface area contributed by atoms with E-state index in [2.05, 4.69) is 10.2 Å². The molecule has 42 heavy (non-hydrogen) atoms. The van der Waals surface area contributed by atoms with E-state index >= 15 is 4.39 Å². The molecular weight excluding hydrogens is 604 g/mol. The number of aromatic nitrogens is 2. The first kappa shape index (κ1) is 30.5. The van der Waals surface area contributed by atoms with Crippen molar-refractivity contribution < 1.29 is 22.3 Å². The number of benzene rings is 2. The monoisotopic (exact) mass is 635 g/mol. The van der Waals surface area contributed by atoms with Crippen molar-refractivity contribution in [2.24, 2.45) is 5.92 Å². The Hall–Kier alpha value is -2.99. The van der Waals surface area contributed by atoms with E-state index in [0.29, 0.717) is 54.6 Å². The summed E-state index contributed by atoms with van der Waals surface area (Å²) >= 11 is 12.0. The highest BCUT2D eigenvalue weighted by Crippen LogP contribution is 2.39. The van der Waals surface area contributed by atoms with E-state index in [1.54, 1.807) is 41.3 Å². The molecule has 0 bridgehead atoms. The molecule has 3 heterocycles. The SMILES string of the molecule is COc1ccc([C@@H]2CN(c3ccc(Cl)nn3)C[C@H]2C(=O)N2CCCC(c3ccc(Cl)cc3)N(S(C)(=O)=O)CC2)c(F)c1. The fourth-order valence-corrected chi connectivity index (χ4v) is 7.27. The molecular formula is C29H32Cl2FN5O4S. The van der Waals surface area contributed by atoms with Crippen LogP contribution in [0.5, 0.6) is 5.75 Å². The van der Waals surface area contributed by atoms with Gasteiger partial charge >= 0.3 is 0 Å². The van der Waals surface area contributed by atoms with Gasteiger partial charge < -0.3 is 14.5 Å². The number of halogens is 3. The molecule has 5 rings (SSSR count). The first-order valence-corrected chi connectivity index (χ1v) is 16.2. The number of carbonyl (C=O) groups excluding carboxylic acids is 1. The van der Waals surface area contributed by atoms with Crippen molar-refractivity contribution in [3.05, 3.63) is 81.7 Å². The summed E-state index contributed by atoms with van der Waals surface area (Å²) in [5, 5.41) is 8.93. The molecule has 1 amide bonds. The van der Waals surface area contributed by atoms with Crippen LogP contribution in [0, 0.1) is 11.7 Å². The van der Waals surface area contributed by atoms with Gasteiger partial charge in [-0.2, -0.15) is 4.31 Å². The van der Waals surface area contributed by atoms with Crippen LogP contribution in [0.15, 0.2) is 54.6 Å². The van der Waals surface area contributed by atoms with Crippen molar-refractivity contribution in [1.29, 1.82) is 0 Å². The van der Waals surface area contributed by atoms with E-state index in [1.165, 1.54) is 23.7 Å². The van der Waals surface area contributed by atoms with Gasteiger partial charge in [0.15, 0.2) is 11.0 Å². The summed E-state index contributed by atoms with van der Waals surface area (Å²) in [5.41, 5.74) is 1.27. The van der Waals surface area contributed by atoms with Crippen molar-refractivity contribution in [1.82, 2.24) is 19.4 Å². The minimum Gasteiger partial charge on any atom is -0.497 e. The lowest BCUT2D eigenvalue weighted by molar-refractivity contribution is -0.135. The van der Waals surface area contributed by atoms with Gasteiger partial charge in [-0.1, -0.05) is 41.4 Å². The first-order valence-electron chi connectivity index (χ1n) is 13.6. The number of amides is 1. The van der Waals surface area contributed by atoms with Crippen LogP contribution in [0.3, 0.4) is 0 Å². The predicted octanol–water partition coefficient (Wildman–Crippen LogP) is 4.78. The summed E-state index contributed by atoms with van der Waals surface area (Å²) in [6, 6.07) is 14.8. The summed E-state index contributed by atoms with van der Waals surface area (Å²) < 4.78 is 47.8. The molecule has 3 aromatic rings. The van der Waals surface area contributed by atoms with Crippen LogP contribution in [-0.2, 0) is 14.8 Å². The van der Waals surface area contributed by atoms with Gasteiger partial charge in [-0.3, -0.25) is 4.79 Å². The molecule has 9 nitrogen and oxygen atoms in total. The Kier molecular flexibility index (Phi) is 9.22. The summed E-state index contributed by atoms with van der Waals surface area (Å²) in [6.07, 6.45) is 2.31. The van der Waals surface area contributed by atoms with Gasteiger partial charge in [0, 0.05) is 55.8 Å². The average molecular weight is 637 g/mol. The zero-order chi connectivity index (χ0) is 30.0. The standard InChI is InChI=1S/C29H32Cl2FN5O4S/c1-41-21-9-10-22(25(32)16-21)23-17-36(28-12-11-27(31)33-34-28)18-24(23)29(38)35-13-3-4-26(19-5-7-20(30)8-6-19)37(15-14-35)42(2,39)40/h5-12,16,23-24,26H,3-4,13-15,17-18H2,1-2H3/t23-,24+,26?/m0/s1. The quantitative estimate of drug-likeness (QED) is 0.385. The Bertz CT molecular complexity index is 1530.